The Morgan fingerprint density at radius 2 is 2.00 bits per heavy atom. The molecule has 0 unspecified atom stereocenters. The van der Waals surface area contributed by atoms with Gasteiger partial charge in [-0.05, 0) is 55.5 Å². The minimum absolute atomic E-state index is 0.671. The van der Waals surface area contributed by atoms with Gasteiger partial charge >= 0.3 is 0 Å². The Hall–Kier alpha value is -0.540. The molecule has 0 atom stereocenters. The molecule has 1 fully saturated rings. The number of nitrogens with two attached hydrogens (primary N) is 1. The van der Waals surface area contributed by atoms with E-state index in [1.54, 1.807) is 0 Å². The fraction of sp³-hybridized carbons (Fsp3) is 0.600. The van der Waals surface area contributed by atoms with E-state index in [1.807, 2.05) is 6.07 Å². The predicted octanol–water partition coefficient (Wildman–Crippen LogP) is 3.91. The van der Waals surface area contributed by atoms with Crippen molar-refractivity contribution < 1.29 is 4.74 Å². The topological polar surface area (TPSA) is 35.2 Å². The van der Waals surface area contributed by atoms with Crippen LogP contribution in [0.4, 0.5) is 0 Å². The molecule has 0 radical (unpaired) electrons. The molecule has 1 aliphatic carbocycles. The van der Waals surface area contributed by atoms with E-state index in [4.69, 9.17) is 10.5 Å². The fourth-order valence-corrected chi connectivity index (χ4v) is 3.00. The third-order valence-corrected chi connectivity index (χ3v) is 4.41. The first-order valence-electron chi connectivity index (χ1n) is 6.91. The zero-order valence-electron chi connectivity index (χ0n) is 10.8. The highest BCUT2D eigenvalue weighted by Gasteiger charge is 2.14. The summed E-state index contributed by atoms with van der Waals surface area (Å²) in [5.41, 5.74) is 6.84. The van der Waals surface area contributed by atoms with Crippen molar-refractivity contribution in [1.29, 1.82) is 0 Å². The van der Waals surface area contributed by atoms with Crippen molar-refractivity contribution in [2.24, 2.45) is 11.7 Å². The van der Waals surface area contributed by atoms with Crippen molar-refractivity contribution in [3.63, 3.8) is 0 Å². The monoisotopic (exact) mass is 311 g/mol. The van der Waals surface area contributed by atoms with Crippen LogP contribution in [-0.4, -0.2) is 13.2 Å². The maximum atomic E-state index is 5.93. The van der Waals surface area contributed by atoms with E-state index in [1.165, 1.54) is 37.7 Å². The number of rotatable bonds is 5. The molecule has 3 heteroatoms. The van der Waals surface area contributed by atoms with Crippen LogP contribution in [0.2, 0.25) is 0 Å². The largest absolute Gasteiger partial charge is 0.493 e. The summed E-state index contributed by atoms with van der Waals surface area (Å²) in [7, 11) is 0. The molecule has 1 aliphatic rings. The molecular weight excluding hydrogens is 290 g/mol. The zero-order chi connectivity index (χ0) is 12.8. The standard InChI is InChI=1S/C15H22BrNO/c16-15-7-6-14(10-13(15)8-9-17)18-11-12-4-2-1-3-5-12/h6-7,10,12H,1-5,8-9,11,17H2. The van der Waals surface area contributed by atoms with Gasteiger partial charge in [0.1, 0.15) is 5.75 Å². The molecule has 0 saturated heterocycles. The second-order valence-electron chi connectivity index (χ2n) is 5.11. The van der Waals surface area contributed by atoms with Crippen molar-refractivity contribution >= 4 is 15.9 Å². The molecular formula is C15H22BrNO. The summed E-state index contributed by atoms with van der Waals surface area (Å²) in [5, 5.41) is 0. The maximum Gasteiger partial charge on any atom is 0.119 e. The lowest BCUT2D eigenvalue weighted by Crippen LogP contribution is -2.15. The third kappa shape index (κ3) is 3.99. The first-order chi connectivity index (χ1) is 8.79. The van der Waals surface area contributed by atoms with Crippen LogP contribution >= 0.6 is 15.9 Å². The summed E-state index contributed by atoms with van der Waals surface area (Å²) in [4.78, 5) is 0. The second-order valence-corrected chi connectivity index (χ2v) is 5.96. The minimum Gasteiger partial charge on any atom is -0.493 e. The number of ether oxygens (including phenoxy) is 1. The van der Waals surface area contributed by atoms with E-state index in [0.29, 0.717) is 6.54 Å². The summed E-state index contributed by atoms with van der Waals surface area (Å²) in [6.45, 7) is 1.54. The van der Waals surface area contributed by atoms with E-state index < -0.39 is 0 Å². The van der Waals surface area contributed by atoms with Gasteiger partial charge in [-0.15, -0.1) is 0 Å². The van der Waals surface area contributed by atoms with E-state index in [0.717, 1.165) is 29.2 Å². The lowest BCUT2D eigenvalue weighted by atomic mass is 9.90. The van der Waals surface area contributed by atoms with Crippen molar-refractivity contribution in [3.8, 4) is 5.75 Å². The molecule has 0 spiro atoms. The SMILES string of the molecule is NCCc1cc(OCC2CCCCC2)ccc1Br. The summed E-state index contributed by atoms with van der Waals surface area (Å²) in [5.74, 6) is 1.73. The quantitative estimate of drug-likeness (QED) is 0.894. The number of halogens is 1. The Balaban J connectivity index is 1.90. The molecule has 1 aromatic carbocycles. The van der Waals surface area contributed by atoms with Gasteiger partial charge in [0.25, 0.3) is 0 Å². The Morgan fingerprint density at radius 3 is 2.72 bits per heavy atom. The Bertz CT molecular complexity index is 375. The molecule has 18 heavy (non-hydrogen) atoms. The molecule has 0 bridgehead atoms. The Labute approximate surface area is 118 Å². The first-order valence-corrected chi connectivity index (χ1v) is 7.70. The molecule has 0 aliphatic heterocycles. The van der Waals surface area contributed by atoms with E-state index >= 15 is 0 Å². The van der Waals surface area contributed by atoms with Crippen LogP contribution in [-0.2, 0) is 6.42 Å². The third-order valence-electron chi connectivity index (χ3n) is 3.64. The lowest BCUT2D eigenvalue weighted by Gasteiger charge is -2.21. The van der Waals surface area contributed by atoms with Crippen LogP contribution in [0.1, 0.15) is 37.7 Å². The van der Waals surface area contributed by atoms with Crippen LogP contribution in [0.15, 0.2) is 22.7 Å². The van der Waals surface area contributed by atoms with Gasteiger partial charge in [-0.1, -0.05) is 35.2 Å². The number of benzene rings is 1. The summed E-state index contributed by atoms with van der Waals surface area (Å²) in [6.07, 6.45) is 7.68. The van der Waals surface area contributed by atoms with Crippen LogP contribution in [0.25, 0.3) is 0 Å². The van der Waals surface area contributed by atoms with Gasteiger partial charge in [0.2, 0.25) is 0 Å². The average Bonchev–Trinajstić information content (AvgIpc) is 2.41. The van der Waals surface area contributed by atoms with Gasteiger partial charge in [0, 0.05) is 4.47 Å². The molecule has 2 N–H and O–H groups in total. The van der Waals surface area contributed by atoms with E-state index in [9.17, 15) is 0 Å². The van der Waals surface area contributed by atoms with Gasteiger partial charge < -0.3 is 10.5 Å². The molecule has 0 amide bonds. The van der Waals surface area contributed by atoms with Crippen molar-refractivity contribution in [2.75, 3.05) is 13.2 Å². The van der Waals surface area contributed by atoms with E-state index in [-0.39, 0.29) is 0 Å². The van der Waals surface area contributed by atoms with Gasteiger partial charge in [-0.25, -0.2) is 0 Å². The highest BCUT2D eigenvalue weighted by molar-refractivity contribution is 9.10. The van der Waals surface area contributed by atoms with Gasteiger partial charge in [0.15, 0.2) is 0 Å². The molecule has 1 aromatic rings. The molecule has 100 valence electrons. The maximum absolute atomic E-state index is 5.93. The summed E-state index contributed by atoms with van der Waals surface area (Å²) < 4.78 is 7.05. The van der Waals surface area contributed by atoms with Crippen molar-refractivity contribution in [3.05, 3.63) is 28.2 Å². The molecule has 2 nitrogen and oxygen atoms in total. The highest BCUT2D eigenvalue weighted by Crippen LogP contribution is 2.26. The Morgan fingerprint density at radius 1 is 1.22 bits per heavy atom. The normalized spacial score (nSPS) is 16.8. The zero-order valence-corrected chi connectivity index (χ0v) is 12.4. The summed E-state index contributed by atoms with van der Waals surface area (Å²) >= 11 is 3.55. The van der Waals surface area contributed by atoms with Gasteiger partial charge in [0.05, 0.1) is 6.61 Å². The minimum atomic E-state index is 0.671. The molecule has 2 rings (SSSR count). The Kier molecular flexibility index (Phi) is 5.51. The molecule has 0 aromatic heterocycles. The number of hydrogen-bond acceptors (Lipinski definition) is 2. The van der Waals surface area contributed by atoms with Crippen molar-refractivity contribution in [2.45, 2.75) is 38.5 Å². The predicted molar refractivity (Wildman–Crippen MR) is 79.0 cm³/mol. The second kappa shape index (κ2) is 7.15. The molecule has 0 heterocycles. The van der Waals surface area contributed by atoms with Crippen LogP contribution in [0.3, 0.4) is 0 Å². The van der Waals surface area contributed by atoms with Gasteiger partial charge in [-0.2, -0.15) is 0 Å². The fourth-order valence-electron chi connectivity index (χ4n) is 2.56. The summed E-state index contributed by atoms with van der Waals surface area (Å²) in [6, 6.07) is 6.20. The lowest BCUT2D eigenvalue weighted by molar-refractivity contribution is 0.208. The smallest absolute Gasteiger partial charge is 0.119 e. The number of hydrogen-bond donors (Lipinski definition) is 1. The van der Waals surface area contributed by atoms with Crippen LogP contribution < -0.4 is 10.5 Å². The van der Waals surface area contributed by atoms with E-state index in [2.05, 4.69) is 28.1 Å². The van der Waals surface area contributed by atoms with Gasteiger partial charge in [-0.3, -0.25) is 0 Å². The van der Waals surface area contributed by atoms with Crippen molar-refractivity contribution in [1.82, 2.24) is 0 Å². The van der Waals surface area contributed by atoms with Crippen LogP contribution in [0, 0.1) is 5.92 Å². The van der Waals surface area contributed by atoms with Crippen LogP contribution in [0.5, 0.6) is 5.75 Å². The molecule has 1 saturated carbocycles. The average molecular weight is 312 g/mol. The highest BCUT2D eigenvalue weighted by atomic mass is 79.9. The first kappa shape index (κ1) is 13.9.